The van der Waals surface area contributed by atoms with Crippen LogP contribution in [0.4, 0.5) is 0 Å². The highest BCUT2D eigenvalue weighted by atomic mass is 32.2. The Kier molecular flexibility index (Phi) is 7.88. The van der Waals surface area contributed by atoms with Crippen LogP contribution in [0.5, 0.6) is 0 Å². The maximum Gasteiger partial charge on any atom is 0.338 e. The van der Waals surface area contributed by atoms with Crippen molar-refractivity contribution in [3.05, 3.63) is 71.8 Å². The van der Waals surface area contributed by atoms with Gasteiger partial charge in [-0.05, 0) is 24.3 Å². The van der Waals surface area contributed by atoms with Crippen LogP contribution in [0.25, 0.3) is 0 Å². The van der Waals surface area contributed by atoms with Gasteiger partial charge in [-0.25, -0.2) is 9.59 Å². The van der Waals surface area contributed by atoms with Gasteiger partial charge in [0.25, 0.3) is 0 Å². The summed E-state index contributed by atoms with van der Waals surface area (Å²) in [5, 5.41) is -0.621. The van der Waals surface area contributed by atoms with E-state index >= 15 is 0 Å². The number of thioether (sulfide) groups is 1. The molecule has 4 unspecified atom stereocenters. The molecule has 1 fully saturated rings. The number of carbonyl (C=O) groups is 4. The molecule has 1 heterocycles. The molecule has 0 saturated carbocycles. The molecule has 168 valence electrons. The molecule has 2 aromatic rings. The van der Waals surface area contributed by atoms with Gasteiger partial charge in [-0.2, -0.15) is 0 Å². The van der Waals surface area contributed by atoms with Gasteiger partial charge in [0.1, 0.15) is 6.61 Å². The fourth-order valence-electron chi connectivity index (χ4n) is 3.08. The van der Waals surface area contributed by atoms with E-state index in [0.29, 0.717) is 5.56 Å². The Bertz CT molecular complexity index is 962. The standard InChI is InChI=1S/C23H22O8S/c1-14(24)28-13-18-19(30-21(26)16-9-5-3-6-10-16)20(23(32-18)29-15(2)25)31-22(27)17-11-7-4-8-12-17/h3-12,18-20,23H,13H2,1-2H3. The van der Waals surface area contributed by atoms with Crippen LogP contribution in [-0.2, 0) is 28.5 Å². The normalized spacial score (nSPS) is 21.9. The van der Waals surface area contributed by atoms with Gasteiger partial charge < -0.3 is 18.9 Å². The molecule has 1 aliphatic heterocycles. The molecule has 0 N–H and O–H groups in total. The predicted octanol–water partition coefficient (Wildman–Crippen LogP) is 3.01. The van der Waals surface area contributed by atoms with Crippen LogP contribution < -0.4 is 0 Å². The van der Waals surface area contributed by atoms with Crippen molar-refractivity contribution in [2.45, 2.75) is 36.7 Å². The highest BCUT2D eigenvalue weighted by Crippen LogP contribution is 2.40. The van der Waals surface area contributed by atoms with Gasteiger partial charge in [-0.15, -0.1) is 11.8 Å². The summed E-state index contributed by atoms with van der Waals surface area (Å²) in [5.74, 6) is -2.42. The zero-order valence-electron chi connectivity index (χ0n) is 17.5. The summed E-state index contributed by atoms with van der Waals surface area (Å²) < 4.78 is 21.8. The molecule has 1 saturated heterocycles. The number of rotatable bonds is 7. The van der Waals surface area contributed by atoms with Gasteiger partial charge in [0, 0.05) is 13.8 Å². The molecule has 0 bridgehead atoms. The summed E-state index contributed by atoms with van der Waals surface area (Å²) >= 11 is 1.10. The zero-order valence-corrected chi connectivity index (χ0v) is 18.3. The van der Waals surface area contributed by atoms with Crippen molar-refractivity contribution in [1.29, 1.82) is 0 Å². The molecular weight excluding hydrogens is 436 g/mol. The third-order valence-corrected chi connectivity index (χ3v) is 5.89. The monoisotopic (exact) mass is 458 g/mol. The Labute approximate surface area is 189 Å². The van der Waals surface area contributed by atoms with Crippen molar-refractivity contribution in [3.63, 3.8) is 0 Å². The van der Waals surface area contributed by atoms with Crippen molar-refractivity contribution >= 4 is 35.6 Å². The van der Waals surface area contributed by atoms with E-state index in [-0.39, 0.29) is 12.2 Å². The van der Waals surface area contributed by atoms with E-state index in [1.54, 1.807) is 60.7 Å². The number of ether oxygens (including phenoxy) is 4. The molecule has 4 atom stereocenters. The second-order valence-electron chi connectivity index (χ2n) is 6.93. The average molecular weight is 458 g/mol. The van der Waals surface area contributed by atoms with E-state index in [4.69, 9.17) is 18.9 Å². The van der Waals surface area contributed by atoms with Crippen molar-refractivity contribution in [3.8, 4) is 0 Å². The minimum Gasteiger partial charge on any atom is -0.465 e. The summed E-state index contributed by atoms with van der Waals surface area (Å²) in [5.41, 5.74) is -0.363. The quantitative estimate of drug-likeness (QED) is 0.457. The molecule has 0 aliphatic carbocycles. The van der Waals surface area contributed by atoms with Crippen molar-refractivity contribution in [2.24, 2.45) is 0 Å². The first kappa shape index (κ1) is 23.3. The number of hydrogen-bond acceptors (Lipinski definition) is 9. The van der Waals surface area contributed by atoms with Gasteiger partial charge in [-0.1, -0.05) is 36.4 Å². The van der Waals surface area contributed by atoms with Crippen molar-refractivity contribution in [2.75, 3.05) is 6.61 Å². The summed E-state index contributed by atoms with van der Waals surface area (Å²) in [6.07, 6.45) is -2.13. The minimum atomic E-state index is -1.11. The van der Waals surface area contributed by atoms with Gasteiger partial charge in [-0.3, -0.25) is 9.59 Å². The Morgan fingerprint density at radius 3 is 1.69 bits per heavy atom. The fraction of sp³-hybridized carbons (Fsp3) is 0.304. The van der Waals surface area contributed by atoms with Gasteiger partial charge >= 0.3 is 23.9 Å². The second kappa shape index (κ2) is 10.8. The average Bonchev–Trinajstić information content (AvgIpc) is 3.08. The zero-order chi connectivity index (χ0) is 23.1. The highest BCUT2D eigenvalue weighted by Gasteiger charge is 2.51. The topological polar surface area (TPSA) is 105 Å². The van der Waals surface area contributed by atoms with Crippen LogP contribution in [0.3, 0.4) is 0 Å². The lowest BCUT2D eigenvalue weighted by Crippen LogP contribution is -2.42. The molecule has 0 amide bonds. The van der Waals surface area contributed by atoms with Crippen molar-refractivity contribution in [1.82, 2.24) is 0 Å². The molecule has 3 rings (SSSR count). The van der Waals surface area contributed by atoms with Gasteiger partial charge in [0.2, 0.25) is 0 Å². The maximum atomic E-state index is 12.7. The van der Waals surface area contributed by atoms with E-state index in [1.165, 1.54) is 13.8 Å². The number of hydrogen-bond donors (Lipinski definition) is 0. The largest absolute Gasteiger partial charge is 0.465 e. The first-order valence-corrected chi connectivity index (χ1v) is 10.8. The minimum absolute atomic E-state index is 0.121. The smallest absolute Gasteiger partial charge is 0.338 e. The first-order valence-electron chi connectivity index (χ1n) is 9.83. The fourth-order valence-corrected chi connectivity index (χ4v) is 4.50. The van der Waals surface area contributed by atoms with E-state index in [1.807, 2.05) is 0 Å². The molecule has 32 heavy (non-hydrogen) atoms. The molecule has 0 radical (unpaired) electrons. The lowest BCUT2D eigenvalue weighted by atomic mass is 10.1. The number of benzene rings is 2. The Morgan fingerprint density at radius 1 is 0.719 bits per heavy atom. The Balaban J connectivity index is 1.87. The molecule has 0 spiro atoms. The Hall–Kier alpha value is -3.33. The van der Waals surface area contributed by atoms with Crippen LogP contribution in [-0.4, -0.2) is 53.4 Å². The van der Waals surface area contributed by atoms with Crippen LogP contribution in [0.1, 0.15) is 34.6 Å². The van der Waals surface area contributed by atoms with Crippen LogP contribution in [0, 0.1) is 0 Å². The van der Waals surface area contributed by atoms with E-state index in [0.717, 1.165) is 11.8 Å². The van der Waals surface area contributed by atoms with Gasteiger partial charge in [0.15, 0.2) is 17.6 Å². The Morgan fingerprint density at radius 2 is 1.22 bits per heavy atom. The molecule has 8 nitrogen and oxygen atoms in total. The van der Waals surface area contributed by atoms with Crippen LogP contribution >= 0.6 is 11.8 Å². The lowest BCUT2D eigenvalue weighted by molar-refractivity contribution is -0.148. The number of carbonyl (C=O) groups excluding carboxylic acids is 4. The van der Waals surface area contributed by atoms with E-state index in [2.05, 4.69) is 0 Å². The van der Waals surface area contributed by atoms with E-state index in [9.17, 15) is 19.2 Å². The second-order valence-corrected chi connectivity index (χ2v) is 8.27. The summed E-state index contributed by atoms with van der Waals surface area (Å²) in [4.78, 5) is 48.4. The summed E-state index contributed by atoms with van der Waals surface area (Å²) in [6.45, 7) is 2.35. The third-order valence-electron chi connectivity index (χ3n) is 4.51. The molecule has 9 heteroatoms. The van der Waals surface area contributed by atoms with E-state index < -0.39 is 46.8 Å². The number of esters is 4. The molecular formula is C23H22O8S. The SMILES string of the molecule is CC(=O)OCC1SC(OC(C)=O)C(OC(=O)c2ccccc2)C1OC(=O)c1ccccc1. The summed E-state index contributed by atoms with van der Waals surface area (Å²) in [7, 11) is 0. The lowest BCUT2D eigenvalue weighted by Gasteiger charge is -2.25. The first-order chi connectivity index (χ1) is 15.3. The van der Waals surface area contributed by atoms with Gasteiger partial charge in [0.05, 0.1) is 16.4 Å². The van der Waals surface area contributed by atoms with Crippen molar-refractivity contribution < 1.29 is 38.1 Å². The highest BCUT2D eigenvalue weighted by molar-refractivity contribution is 8.00. The van der Waals surface area contributed by atoms with Crippen LogP contribution in [0.2, 0.25) is 0 Å². The molecule has 1 aliphatic rings. The molecule has 2 aromatic carbocycles. The predicted molar refractivity (Wildman–Crippen MR) is 115 cm³/mol. The molecule has 0 aromatic heterocycles. The third kappa shape index (κ3) is 6.10. The summed E-state index contributed by atoms with van der Waals surface area (Å²) in [6, 6.07) is 16.6. The van der Waals surface area contributed by atoms with Crippen LogP contribution in [0.15, 0.2) is 60.7 Å². The maximum absolute atomic E-state index is 12.7.